The molecule has 0 fully saturated rings. The number of aliphatic carboxylic acids is 1. The number of nitrogens with one attached hydrogen (secondary N) is 1. The van der Waals surface area contributed by atoms with Gasteiger partial charge in [-0.15, -0.1) is 0 Å². The number of hydrogen-bond donors (Lipinski definition) is 2. The quantitative estimate of drug-likeness (QED) is 0.903. The van der Waals surface area contributed by atoms with Gasteiger partial charge >= 0.3 is 5.97 Å². The molecule has 0 saturated heterocycles. The molecule has 2 N–H and O–H groups in total. The van der Waals surface area contributed by atoms with Gasteiger partial charge in [0.25, 0.3) is 0 Å². The molecule has 3 nitrogen and oxygen atoms in total. The number of rotatable bonds is 4. The van der Waals surface area contributed by atoms with Gasteiger partial charge < -0.3 is 10.4 Å². The van der Waals surface area contributed by atoms with Crippen LogP contribution in [-0.2, 0) is 11.2 Å². The number of carbonyl (C=O) groups is 1. The summed E-state index contributed by atoms with van der Waals surface area (Å²) in [5.41, 5.74) is 2.50. The Morgan fingerprint density at radius 2 is 1.94 bits per heavy atom. The van der Waals surface area contributed by atoms with E-state index in [1.807, 2.05) is 48.5 Å². The molecule has 0 saturated carbocycles. The molecule has 0 atom stereocenters. The maximum absolute atomic E-state index is 10.8. The van der Waals surface area contributed by atoms with Gasteiger partial charge in [0.2, 0.25) is 0 Å². The van der Waals surface area contributed by atoms with Gasteiger partial charge in [-0.25, -0.2) is 0 Å². The molecule has 0 aliphatic heterocycles. The van der Waals surface area contributed by atoms with E-state index in [0.29, 0.717) is 0 Å². The van der Waals surface area contributed by atoms with Crippen LogP contribution in [-0.4, -0.2) is 11.1 Å². The topological polar surface area (TPSA) is 49.3 Å². The largest absolute Gasteiger partial charge is 0.481 e. The average Bonchev–Trinajstić information content (AvgIpc) is 2.31. The zero-order valence-corrected chi connectivity index (χ0v) is 11.1. The first-order valence-electron chi connectivity index (χ1n) is 5.47. The van der Waals surface area contributed by atoms with E-state index in [4.69, 9.17) is 5.11 Å². The van der Waals surface area contributed by atoms with Crippen LogP contribution < -0.4 is 5.32 Å². The van der Waals surface area contributed by atoms with Crippen LogP contribution in [0.25, 0.3) is 0 Å². The third kappa shape index (κ3) is 3.34. The molecule has 0 radical (unpaired) electrons. The first-order valence-corrected chi connectivity index (χ1v) is 6.27. The third-order valence-corrected chi connectivity index (χ3v) is 2.96. The molecule has 0 aromatic heterocycles. The van der Waals surface area contributed by atoms with Crippen LogP contribution in [0, 0.1) is 0 Å². The van der Waals surface area contributed by atoms with Gasteiger partial charge in [0.1, 0.15) is 0 Å². The fourth-order valence-electron chi connectivity index (χ4n) is 1.68. The van der Waals surface area contributed by atoms with Crippen LogP contribution in [0.2, 0.25) is 0 Å². The van der Waals surface area contributed by atoms with E-state index in [-0.39, 0.29) is 6.42 Å². The smallest absolute Gasteiger partial charge is 0.307 e. The summed E-state index contributed by atoms with van der Waals surface area (Å²) in [5.74, 6) is -0.835. The minimum Gasteiger partial charge on any atom is -0.481 e. The standard InChI is InChI=1S/C14H12BrNO2/c15-11-5-3-6-12(9-11)16-13-7-2-1-4-10(13)8-14(17)18/h1-7,9,16H,8H2,(H,17,18). The van der Waals surface area contributed by atoms with E-state index < -0.39 is 5.97 Å². The SMILES string of the molecule is O=C(O)Cc1ccccc1Nc1cccc(Br)c1. The molecule has 2 aromatic rings. The number of anilines is 2. The van der Waals surface area contributed by atoms with E-state index in [1.165, 1.54) is 0 Å². The first kappa shape index (κ1) is 12.6. The second-order valence-corrected chi connectivity index (χ2v) is 4.78. The van der Waals surface area contributed by atoms with Crippen molar-refractivity contribution in [1.29, 1.82) is 0 Å². The molecule has 0 heterocycles. The van der Waals surface area contributed by atoms with E-state index in [0.717, 1.165) is 21.4 Å². The summed E-state index contributed by atoms with van der Waals surface area (Å²) in [6.45, 7) is 0. The van der Waals surface area contributed by atoms with Crippen LogP contribution in [0.15, 0.2) is 53.0 Å². The summed E-state index contributed by atoms with van der Waals surface area (Å²) in [6, 6.07) is 15.1. The Bertz CT molecular complexity index is 569. The molecule has 0 aliphatic carbocycles. The Morgan fingerprint density at radius 3 is 2.67 bits per heavy atom. The maximum Gasteiger partial charge on any atom is 0.307 e. The second-order valence-electron chi connectivity index (χ2n) is 3.86. The van der Waals surface area contributed by atoms with Gasteiger partial charge in [-0.3, -0.25) is 4.79 Å². The van der Waals surface area contributed by atoms with E-state index in [2.05, 4.69) is 21.2 Å². The third-order valence-electron chi connectivity index (χ3n) is 2.46. The maximum atomic E-state index is 10.8. The fourth-order valence-corrected chi connectivity index (χ4v) is 2.08. The van der Waals surface area contributed by atoms with Crippen molar-refractivity contribution in [2.24, 2.45) is 0 Å². The zero-order valence-electron chi connectivity index (χ0n) is 9.56. The Morgan fingerprint density at radius 1 is 1.17 bits per heavy atom. The number of benzene rings is 2. The van der Waals surface area contributed by atoms with Crippen LogP contribution in [0.5, 0.6) is 0 Å². The van der Waals surface area contributed by atoms with Crippen molar-refractivity contribution in [3.63, 3.8) is 0 Å². The molecule has 0 unspecified atom stereocenters. The number of halogens is 1. The van der Waals surface area contributed by atoms with Crippen molar-refractivity contribution in [2.45, 2.75) is 6.42 Å². The van der Waals surface area contributed by atoms with Crippen LogP contribution in [0.3, 0.4) is 0 Å². The number of carboxylic acid groups (broad SMARTS) is 1. The minimum absolute atomic E-state index is 0.0111. The highest BCUT2D eigenvalue weighted by atomic mass is 79.9. The fraction of sp³-hybridized carbons (Fsp3) is 0.0714. The predicted molar refractivity (Wildman–Crippen MR) is 75.2 cm³/mol. The monoisotopic (exact) mass is 305 g/mol. The molecule has 4 heteroatoms. The number of carboxylic acids is 1. The zero-order chi connectivity index (χ0) is 13.0. The number of para-hydroxylation sites is 1. The van der Waals surface area contributed by atoms with Gasteiger partial charge in [0.15, 0.2) is 0 Å². The highest BCUT2D eigenvalue weighted by Crippen LogP contribution is 2.23. The lowest BCUT2D eigenvalue weighted by Gasteiger charge is -2.11. The van der Waals surface area contributed by atoms with Gasteiger partial charge in [-0.2, -0.15) is 0 Å². The predicted octanol–water partition coefficient (Wildman–Crippen LogP) is 3.82. The summed E-state index contributed by atoms with van der Waals surface area (Å²) in [7, 11) is 0. The van der Waals surface area contributed by atoms with E-state index in [9.17, 15) is 4.79 Å². The van der Waals surface area contributed by atoms with Crippen molar-refractivity contribution in [3.8, 4) is 0 Å². The molecule has 0 bridgehead atoms. The Kier molecular flexibility index (Phi) is 3.99. The van der Waals surface area contributed by atoms with Crippen molar-refractivity contribution in [1.82, 2.24) is 0 Å². The van der Waals surface area contributed by atoms with Crippen molar-refractivity contribution in [2.75, 3.05) is 5.32 Å². The van der Waals surface area contributed by atoms with Gasteiger partial charge in [0, 0.05) is 15.8 Å². The lowest BCUT2D eigenvalue weighted by molar-refractivity contribution is -0.136. The van der Waals surface area contributed by atoms with E-state index >= 15 is 0 Å². The van der Waals surface area contributed by atoms with Crippen LogP contribution >= 0.6 is 15.9 Å². The molecule has 0 spiro atoms. The first-order chi connectivity index (χ1) is 8.65. The number of hydrogen-bond acceptors (Lipinski definition) is 2. The molecule has 0 amide bonds. The van der Waals surface area contributed by atoms with Gasteiger partial charge in [0.05, 0.1) is 6.42 Å². The van der Waals surface area contributed by atoms with Gasteiger partial charge in [-0.05, 0) is 29.8 Å². The Hall–Kier alpha value is -1.81. The minimum atomic E-state index is -0.835. The summed E-state index contributed by atoms with van der Waals surface area (Å²) in [5, 5.41) is 12.1. The van der Waals surface area contributed by atoms with Crippen LogP contribution in [0.4, 0.5) is 11.4 Å². The summed E-state index contributed by atoms with van der Waals surface area (Å²) >= 11 is 3.40. The molecular weight excluding hydrogens is 294 g/mol. The van der Waals surface area contributed by atoms with Crippen LogP contribution in [0.1, 0.15) is 5.56 Å². The highest BCUT2D eigenvalue weighted by molar-refractivity contribution is 9.10. The molecule has 18 heavy (non-hydrogen) atoms. The van der Waals surface area contributed by atoms with Crippen molar-refractivity contribution < 1.29 is 9.90 Å². The second kappa shape index (κ2) is 5.69. The van der Waals surface area contributed by atoms with Crippen molar-refractivity contribution in [3.05, 3.63) is 58.6 Å². The Labute approximate surface area is 114 Å². The lowest BCUT2D eigenvalue weighted by atomic mass is 10.1. The molecule has 92 valence electrons. The molecular formula is C14H12BrNO2. The average molecular weight is 306 g/mol. The summed E-state index contributed by atoms with van der Waals surface area (Å²) in [4.78, 5) is 10.8. The lowest BCUT2D eigenvalue weighted by Crippen LogP contribution is -2.03. The Balaban J connectivity index is 2.26. The summed E-state index contributed by atoms with van der Waals surface area (Å²) < 4.78 is 0.975. The highest BCUT2D eigenvalue weighted by Gasteiger charge is 2.06. The van der Waals surface area contributed by atoms with E-state index in [1.54, 1.807) is 0 Å². The molecule has 0 aliphatic rings. The van der Waals surface area contributed by atoms with Gasteiger partial charge in [-0.1, -0.05) is 40.2 Å². The normalized spacial score (nSPS) is 10.1. The molecule has 2 aromatic carbocycles. The summed E-state index contributed by atoms with van der Waals surface area (Å²) in [6.07, 6.45) is 0.0111. The van der Waals surface area contributed by atoms with Crippen molar-refractivity contribution >= 4 is 33.3 Å². The molecule has 2 rings (SSSR count).